The van der Waals surface area contributed by atoms with E-state index in [1.165, 1.54) is 71.6 Å². The maximum Gasteiger partial charge on any atom is 0.198 e. The molecule has 7 aromatic carbocycles. The van der Waals surface area contributed by atoms with Crippen LogP contribution in [0.25, 0.3) is 43.8 Å². The van der Waals surface area contributed by atoms with Gasteiger partial charge in [0.05, 0.1) is 17.1 Å². The molecule has 0 bridgehead atoms. The van der Waals surface area contributed by atoms with E-state index in [2.05, 4.69) is 173 Å². The summed E-state index contributed by atoms with van der Waals surface area (Å²) in [5, 5.41) is 8.61. The lowest BCUT2D eigenvalue weighted by molar-refractivity contribution is 0.332. The Bertz CT molecular complexity index is 2900. The lowest BCUT2D eigenvalue weighted by Gasteiger charge is -2.43. The van der Waals surface area contributed by atoms with E-state index < -0.39 is 0 Å². The molecule has 1 aliphatic carbocycles. The summed E-state index contributed by atoms with van der Waals surface area (Å²) in [4.78, 5) is 5.03. The SMILES string of the molecule is Cc1cc2c(cc1N1c3cc4ccccc4c(-c4cccc5c4Nc4ccccc4S5)c3[B]c3ccc4c(oc5ccccc54)c31)C(C)(C)CCC2(C)C. The number of hydrogen-bond acceptors (Lipinski definition) is 4. The molecular formula is C49H40BN2OS. The van der Waals surface area contributed by atoms with Gasteiger partial charge in [0.25, 0.3) is 0 Å². The van der Waals surface area contributed by atoms with Gasteiger partial charge in [-0.1, -0.05) is 130 Å². The van der Waals surface area contributed by atoms with Crippen molar-refractivity contribution in [2.75, 3.05) is 10.2 Å². The van der Waals surface area contributed by atoms with E-state index in [9.17, 15) is 0 Å². The fraction of sp³-hybridized carbons (Fsp3) is 0.184. The third kappa shape index (κ3) is 4.57. The van der Waals surface area contributed by atoms with Crippen LogP contribution in [0.5, 0.6) is 0 Å². The highest BCUT2D eigenvalue weighted by atomic mass is 32.2. The summed E-state index contributed by atoms with van der Waals surface area (Å²) in [5.74, 6) is 0. The molecular weight excluding hydrogens is 675 g/mol. The predicted octanol–water partition coefficient (Wildman–Crippen LogP) is 12.7. The van der Waals surface area contributed by atoms with E-state index >= 15 is 0 Å². The standard InChI is InChI=1S/C49H40BN2OS/c1-28-25-34-35(49(4,5)24-23-48(34,2)3)27-38(28)52-39-26-29-13-6-7-14-30(29)43(33-16-12-20-42-45(33)51-37-17-9-11-19-41(37)54-42)44(39)50-36-22-21-32-31-15-8-10-18-40(31)53-47(32)46(36)52/h6-22,25-27,51H,23-24H2,1-5H3. The summed E-state index contributed by atoms with van der Waals surface area (Å²) in [7, 11) is 2.42. The first kappa shape index (κ1) is 32.1. The van der Waals surface area contributed by atoms with Gasteiger partial charge in [0.1, 0.15) is 5.58 Å². The average molecular weight is 716 g/mol. The molecule has 1 N–H and O–H groups in total. The highest BCUT2D eigenvalue weighted by Gasteiger charge is 2.40. The second kappa shape index (κ2) is 11.3. The number of benzene rings is 7. The minimum Gasteiger partial charge on any atom is -0.454 e. The average Bonchev–Trinajstić information content (AvgIpc) is 3.56. The smallest absolute Gasteiger partial charge is 0.198 e. The first-order chi connectivity index (χ1) is 26.2. The lowest BCUT2D eigenvalue weighted by Crippen LogP contribution is -2.41. The maximum absolute atomic E-state index is 6.88. The summed E-state index contributed by atoms with van der Waals surface area (Å²) in [6.07, 6.45) is 2.34. The van der Waals surface area contributed by atoms with Crippen LogP contribution >= 0.6 is 11.8 Å². The van der Waals surface area contributed by atoms with Gasteiger partial charge in [-0.15, -0.1) is 0 Å². The van der Waals surface area contributed by atoms with Crippen LogP contribution in [0.1, 0.15) is 57.2 Å². The van der Waals surface area contributed by atoms with E-state index in [0.29, 0.717) is 0 Å². The predicted molar refractivity (Wildman–Crippen MR) is 230 cm³/mol. The van der Waals surface area contributed by atoms with Gasteiger partial charge in [-0.3, -0.25) is 0 Å². The van der Waals surface area contributed by atoms with Gasteiger partial charge >= 0.3 is 0 Å². The fourth-order valence-corrected chi connectivity index (χ4v) is 10.5. The minimum atomic E-state index is 0.0590. The molecule has 5 heteroatoms. The Labute approximate surface area is 321 Å². The molecule has 0 spiro atoms. The molecule has 11 rings (SSSR count). The molecule has 1 radical (unpaired) electrons. The number of nitrogens with zero attached hydrogens (tertiary/aromatic N) is 1. The molecule has 1 aromatic heterocycles. The molecule has 0 atom stereocenters. The topological polar surface area (TPSA) is 28.4 Å². The van der Waals surface area contributed by atoms with Crippen molar-refractivity contribution in [3.63, 3.8) is 0 Å². The van der Waals surface area contributed by atoms with Crippen LogP contribution in [-0.2, 0) is 10.8 Å². The Hall–Kier alpha value is -5.39. The molecule has 0 amide bonds. The van der Waals surface area contributed by atoms with Gasteiger partial charge in [-0.25, -0.2) is 0 Å². The second-order valence-corrected chi connectivity index (χ2v) is 17.8. The molecule has 0 unspecified atom stereocenters. The minimum absolute atomic E-state index is 0.0590. The number of hydrogen-bond donors (Lipinski definition) is 1. The maximum atomic E-state index is 6.88. The number of nitrogens with one attached hydrogen (secondary N) is 1. The molecule has 3 aliphatic rings. The van der Waals surface area contributed by atoms with Crippen LogP contribution < -0.4 is 21.1 Å². The van der Waals surface area contributed by atoms with Crippen molar-refractivity contribution in [1.82, 2.24) is 0 Å². The molecule has 261 valence electrons. The van der Waals surface area contributed by atoms with E-state index in [1.54, 1.807) is 0 Å². The Kier molecular flexibility index (Phi) is 6.72. The van der Waals surface area contributed by atoms with Crippen molar-refractivity contribution in [1.29, 1.82) is 0 Å². The molecule has 2 aliphatic heterocycles. The summed E-state index contributed by atoms with van der Waals surface area (Å²) in [6.45, 7) is 12.0. The second-order valence-electron chi connectivity index (χ2n) is 16.7. The van der Waals surface area contributed by atoms with E-state index in [1.807, 2.05) is 11.8 Å². The largest absolute Gasteiger partial charge is 0.454 e. The normalized spacial score (nSPS) is 16.2. The van der Waals surface area contributed by atoms with Crippen LogP contribution in [0, 0.1) is 6.92 Å². The van der Waals surface area contributed by atoms with Crippen LogP contribution in [0.15, 0.2) is 136 Å². The molecule has 0 saturated carbocycles. The zero-order valence-corrected chi connectivity index (χ0v) is 32.1. The zero-order chi connectivity index (χ0) is 36.5. The molecule has 54 heavy (non-hydrogen) atoms. The monoisotopic (exact) mass is 715 g/mol. The van der Waals surface area contributed by atoms with Gasteiger partial charge < -0.3 is 14.6 Å². The van der Waals surface area contributed by atoms with Crippen molar-refractivity contribution >= 4 is 91.1 Å². The van der Waals surface area contributed by atoms with Gasteiger partial charge in [0.2, 0.25) is 0 Å². The van der Waals surface area contributed by atoms with Gasteiger partial charge in [0.15, 0.2) is 12.9 Å². The molecule has 8 aromatic rings. The summed E-state index contributed by atoms with van der Waals surface area (Å²) in [6, 6.07) is 44.7. The first-order valence-corrected chi connectivity index (χ1v) is 20.0. The van der Waals surface area contributed by atoms with Crippen molar-refractivity contribution in [2.45, 2.75) is 68.1 Å². The van der Waals surface area contributed by atoms with Crippen LogP contribution in [-0.4, -0.2) is 7.28 Å². The number of furan rings is 1. The van der Waals surface area contributed by atoms with Crippen LogP contribution in [0.4, 0.5) is 28.4 Å². The highest BCUT2D eigenvalue weighted by Crippen LogP contribution is 2.53. The number of rotatable bonds is 2. The Balaban J connectivity index is 1.24. The van der Waals surface area contributed by atoms with Crippen molar-refractivity contribution in [3.8, 4) is 11.1 Å². The number of aryl methyl sites for hydroxylation is 1. The van der Waals surface area contributed by atoms with Crippen LogP contribution in [0.3, 0.4) is 0 Å². The lowest BCUT2D eigenvalue weighted by atomic mass is 9.57. The number of anilines is 5. The summed E-state index contributed by atoms with van der Waals surface area (Å²) < 4.78 is 6.88. The summed E-state index contributed by atoms with van der Waals surface area (Å²) >= 11 is 1.84. The van der Waals surface area contributed by atoms with Gasteiger partial charge in [-0.2, -0.15) is 0 Å². The van der Waals surface area contributed by atoms with E-state index in [4.69, 9.17) is 4.42 Å². The van der Waals surface area contributed by atoms with Gasteiger partial charge in [0, 0.05) is 37.5 Å². The summed E-state index contributed by atoms with van der Waals surface area (Å²) in [5.41, 5.74) is 16.8. The van der Waals surface area contributed by atoms with E-state index in [0.717, 1.165) is 50.9 Å². The third-order valence-corrected chi connectivity index (χ3v) is 13.6. The third-order valence-electron chi connectivity index (χ3n) is 12.5. The Morgan fingerprint density at radius 3 is 2.26 bits per heavy atom. The molecule has 0 fully saturated rings. The Morgan fingerprint density at radius 1 is 0.685 bits per heavy atom. The molecule has 0 saturated heterocycles. The van der Waals surface area contributed by atoms with Crippen molar-refractivity contribution in [2.24, 2.45) is 0 Å². The fourth-order valence-electron chi connectivity index (χ4n) is 9.45. The highest BCUT2D eigenvalue weighted by molar-refractivity contribution is 7.99. The Morgan fingerprint density at radius 2 is 1.41 bits per heavy atom. The zero-order valence-electron chi connectivity index (χ0n) is 31.3. The quantitative estimate of drug-likeness (QED) is 0.180. The number of fused-ring (bicyclic) bond motifs is 10. The van der Waals surface area contributed by atoms with Crippen molar-refractivity contribution in [3.05, 3.63) is 138 Å². The van der Waals surface area contributed by atoms with Crippen molar-refractivity contribution < 1.29 is 4.42 Å². The van der Waals surface area contributed by atoms with Gasteiger partial charge in [-0.05, 0) is 105 Å². The van der Waals surface area contributed by atoms with Crippen LogP contribution in [0.2, 0.25) is 0 Å². The number of para-hydroxylation sites is 3. The first-order valence-electron chi connectivity index (χ1n) is 19.1. The molecule has 3 nitrogen and oxygen atoms in total. The van der Waals surface area contributed by atoms with E-state index in [-0.39, 0.29) is 10.8 Å². The molecule has 3 heterocycles.